The molecule has 0 spiro atoms. The third-order valence-electron chi connectivity index (χ3n) is 2.53. The Balaban J connectivity index is 3.00. The SMILES string of the molecule is COC(=O)C(NS(=O)(=O)c1ccc(F)cc1)C(C)C. The molecule has 0 aliphatic heterocycles. The van der Waals surface area contributed by atoms with Gasteiger partial charge in [0.1, 0.15) is 11.9 Å². The second-order valence-corrected chi connectivity index (χ2v) is 6.03. The molecule has 1 aromatic carbocycles. The van der Waals surface area contributed by atoms with Gasteiger partial charge in [0, 0.05) is 0 Å². The quantitative estimate of drug-likeness (QED) is 0.829. The van der Waals surface area contributed by atoms with E-state index in [2.05, 4.69) is 9.46 Å². The minimum Gasteiger partial charge on any atom is -0.468 e. The standard InChI is InChI=1S/C12H16FNO4S/c1-8(2)11(12(15)18-3)14-19(16,17)10-6-4-9(13)5-7-10/h4-8,11,14H,1-3H3. The largest absolute Gasteiger partial charge is 0.468 e. The van der Waals surface area contributed by atoms with Gasteiger partial charge in [-0.3, -0.25) is 4.79 Å². The highest BCUT2D eigenvalue weighted by Gasteiger charge is 2.28. The van der Waals surface area contributed by atoms with Crippen LogP contribution in [0.4, 0.5) is 4.39 Å². The van der Waals surface area contributed by atoms with Crippen molar-refractivity contribution in [1.82, 2.24) is 4.72 Å². The lowest BCUT2D eigenvalue weighted by molar-refractivity contribution is -0.143. The van der Waals surface area contributed by atoms with Crippen LogP contribution >= 0.6 is 0 Å². The molecule has 106 valence electrons. The Kier molecular flexibility index (Phi) is 5.02. The van der Waals surface area contributed by atoms with Crippen LogP contribution in [0.5, 0.6) is 0 Å². The average molecular weight is 289 g/mol. The number of ether oxygens (including phenoxy) is 1. The molecule has 0 radical (unpaired) electrons. The summed E-state index contributed by atoms with van der Waals surface area (Å²) < 4.78 is 43.6. The molecule has 0 bridgehead atoms. The van der Waals surface area contributed by atoms with Gasteiger partial charge in [0.25, 0.3) is 0 Å². The second-order valence-electron chi connectivity index (χ2n) is 4.32. The summed E-state index contributed by atoms with van der Waals surface area (Å²) in [4.78, 5) is 11.4. The Morgan fingerprint density at radius 1 is 1.26 bits per heavy atom. The van der Waals surface area contributed by atoms with Crippen LogP contribution in [0, 0.1) is 11.7 Å². The van der Waals surface area contributed by atoms with E-state index < -0.39 is 27.9 Å². The van der Waals surface area contributed by atoms with E-state index in [1.807, 2.05) is 0 Å². The fourth-order valence-electron chi connectivity index (χ4n) is 1.43. The van der Waals surface area contributed by atoms with Crippen molar-refractivity contribution in [2.75, 3.05) is 7.11 Å². The molecular formula is C12H16FNO4S. The molecule has 1 unspecified atom stereocenters. The maximum atomic E-state index is 12.8. The molecule has 0 aliphatic carbocycles. The number of carbonyl (C=O) groups is 1. The van der Waals surface area contributed by atoms with Crippen molar-refractivity contribution in [3.05, 3.63) is 30.1 Å². The number of rotatable bonds is 5. The lowest BCUT2D eigenvalue weighted by Crippen LogP contribution is -2.44. The number of nitrogens with one attached hydrogen (secondary N) is 1. The van der Waals surface area contributed by atoms with E-state index in [0.29, 0.717) is 0 Å². The Morgan fingerprint density at radius 2 is 1.79 bits per heavy atom. The molecule has 0 saturated heterocycles. The van der Waals surface area contributed by atoms with Crippen molar-refractivity contribution in [1.29, 1.82) is 0 Å². The number of halogens is 1. The van der Waals surface area contributed by atoms with Gasteiger partial charge in [0.15, 0.2) is 0 Å². The number of carbonyl (C=O) groups excluding carboxylic acids is 1. The highest BCUT2D eigenvalue weighted by atomic mass is 32.2. The highest BCUT2D eigenvalue weighted by Crippen LogP contribution is 2.13. The monoisotopic (exact) mass is 289 g/mol. The van der Waals surface area contributed by atoms with Crippen LogP contribution in [-0.2, 0) is 19.6 Å². The smallest absolute Gasteiger partial charge is 0.324 e. The predicted octanol–water partition coefficient (Wildman–Crippen LogP) is 1.30. The second kappa shape index (κ2) is 6.12. The van der Waals surface area contributed by atoms with Gasteiger partial charge in [0.05, 0.1) is 12.0 Å². The highest BCUT2D eigenvalue weighted by molar-refractivity contribution is 7.89. The van der Waals surface area contributed by atoms with Crippen LogP contribution in [0.1, 0.15) is 13.8 Å². The third-order valence-corrected chi connectivity index (χ3v) is 3.98. The van der Waals surface area contributed by atoms with E-state index in [4.69, 9.17) is 0 Å². The van der Waals surface area contributed by atoms with Gasteiger partial charge in [-0.25, -0.2) is 12.8 Å². The van der Waals surface area contributed by atoms with Crippen molar-refractivity contribution in [3.63, 3.8) is 0 Å². The topological polar surface area (TPSA) is 72.5 Å². The van der Waals surface area contributed by atoms with Crippen LogP contribution in [0.25, 0.3) is 0 Å². The van der Waals surface area contributed by atoms with E-state index in [-0.39, 0.29) is 10.8 Å². The number of hydrogen-bond acceptors (Lipinski definition) is 4. The molecule has 1 N–H and O–H groups in total. The van der Waals surface area contributed by atoms with Crippen LogP contribution in [0.2, 0.25) is 0 Å². The van der Waals surface area contributed by atoms with E-state index in [1.165, 1.54) is 7.11 Å². The normalized spacial score (nSPS) is 13.3. The van der Waals surface area contributed by atoms with E-state index >= 15 is 0 Å². The summed E-state index contributed by atoms with van der Waals surface area (Å²) in [6.45, 7) is 3.38. The molecule has 1 rings (SSSR count). The summed E-state index contributed by atoms with van der Waals surface area (Å²) in [6.07, 6.45) is 0. The Hall–Kier alpha value is -1.47. The zero-order valence-electron chi connectivity index (χ0n) is 10.9. The minimum absolute atomic E-state index is 0.108. The fourth-order valence-corrected chi connectivity index (χ4v) is 2.77. The molecule has 1 atom stereocenters. The molecule has 1 aromatic rings. The summed E-state index contributed by atoms with van der Waals surface area (Å²) in [5.74, 6) is -1.48. The molecule has 0 saturated carbocycles. The summed E-state index contributed by atoms with van der Waals surface area (Å²) in [7, 11) is -2.71. The summed E-state index contributed by atoms with van der Waals surface area (Å²) in [5, 5.41) is 0. The van der Waals surface area contributed by atoms with Gasteiger partial charge in [0.2, 0.25) is 10.0 Å². The fraction of sp³-hybridized carbons (Fsp3) is 0.417. The minimum atomic E-state index is -3.89. The van der Waals surface area contributed by atoms with Crippen molar-refractivity contribution in [3.8, 4) is 0 Å². The van der Waals surface area contributed by atoms with Crippen molar-refractivity contribution >= 4 is 16.0 Å². The van der Waals surface area contributed by atoms with E-state index in [9.17, 15) is 17.6 Å². The van der Waals surface area contributed by atoms with Crippen molar-refractivity contribution in [2.24, 2.45) is 5.92 Å². The van der Waals surface area contributed by atoms with E-state index in [0.717, 1.165) is 24.3 Å². The van der Waals surface area contributed by atoms with Gasteiger partial charge in [-0.1, -0.05) is 13.8 Å². The summed E-state index contributed by atoms with van der Waals surface area (Å²) in [5.41, 5.74) is 0. The molecule has 19 heavy (non-hydrogen) atoms. The molecular weight excluding hydrogens is 273 g/mol. The van der Waals surface area contributed by atoms with Crippen LogP contribution in [0.15, 0.2) is 29.2 Å². The number of benzene rings is 1. The van der Waals surface area contributed by atoms with Crippen molar-refractivity contribution in [2.45, 2.75) is 24.8 Å². The molecule has 0 heterocycles. The van der Waals surface area contributed by atoms with Crippen LogP contribution in [0.3, 0.4) is 0 Å². The molecule has 5 nitrogen and oxygen atoms in total. The number of methoxy groups -OCH3 is 1. The molecule has 7 heteroatoms. The van der Waals surface area contributed by atoms with Crippen LogP contribution < -0.4 is 4.72 Å². The number of sulfonamides is 1. The first-order valence-electron chi connectivity index (χ1n) is 5.63. The third kappa shape index (κ3) is 4.00. The zero-order valence-corrected chi connectivity index (χ0v) is 11.7. The Morgan fingerprint density at radius 3 is 2.21 bits per heavy atom. The predicted molar refractivity (Wildman–Crippen MR) is 67.4 cm³/mol. The molecule has 0 aliphatic rings. The molecule has 0 fully saturated rings. The van der Waals surface area contributed by atoms with Gasteiger partial charge in [-0.2, -0.15) is 4.72 Å². The van der Waals surface area contributed by atoms with E-state index in [1.54, 1.807) is 13.8 Å². The van der Waals surface area contributed by atoms with Crippen LogP contribution in [-0.4, -0.2) is 27.5 Å². The van der Waals surface area contributed by atoms with Crippen molar-refractivity contribution < 1.29 is 22.3 Å². The Labute approximate surface area is 111 Å². The first kappa shape index (κ1) is 15.6. The Bertz CT molecular complexity index is 539. The average Bonchev–Trinajstić information content (AvgIpc) is 2.35. The number of esters is 1. The lowest BCUT2D eigenvalue weighted by atomic mass is 10.1. The zero-order chi connectivity index (χ0) is 14.6. The first-order valence-corrected chi connectivity index (χ1v) is 7.12. The van der Waals surface area contributed by atoms with Gasteiger partial charge < -0.3 is 4.74 Å². The van der Waals surface area contributed by atoms with Gasteiger partial charge in [-0.05, 0) is 30.2 Å². The lowest BCUT2D eigenvalue weighted by Gasteiger charge is -2.19. The summed E-state index contributed by atoms with van der Waals surface area (Å²) >= 11 is 0. The van der Waals surface area contributed by atoms with Gasteiger partial charge >= 0.3 is 5.97 Å². The number of hydrogen-bond donors (Lipinski definition) is 1. The molecule has 0 amide bonds. The maximum Gasteiger partial charge on any atom is 0.324 e. The maximum absolute atomic E-state index is 12.8. The molecule has 0 aromatic heterocycles. The first-order chi connectivity index (χ1) is 8.77. The van der Waals surface area contributed by atoms with Gasteiger partial charge in [-0.15, -0.1) is 0 Å². The summed E-state index contributed by atoms with van der Waals surface area (Å²) in [6, 6.07) is 3.35.